The summed E-state index contributed by atoms with van der Waals surface area (Å²) in [5, 5.41) is 0. The van der Waals surface area contributed by atoms with Gasteiger partial charge in [-0.3, -0.25) is 4.99 Å². The van der Waals surface area contributed by atoms with Crippen LogP contribution in [-0.4, -0.2) is 19.5 Å². The van der Waals surface area contributed by atoms with Gasteiger partial charge in [0.2, 0.25) is 0 Å². The van der Waals surface area contributed by atoms with Gasteiger partial charge in [0.1, 0.15) is 6.29 Å². The average Bonchev–Trinajstić information content (AvgIpc) is 1.41. The van der Waals surface area contributed by atoms with E-state index >= 15 is 0 Å². The van der Waals surface area contributed by atoms with Crippen molar-refractivity contribution in [2.75, 3.05) is 6.54 Å². The van der Waals surface area contributed by atoms with Crippen molar-refractivity contribution in [3.63, 3.8) is 0 Å². The Morgan fingerprint density at radius 1 is 2.00 bits per heavy atom. The number of carbonyl (C=O) groups excluding carboxylic acids is 1. The van der Waals surface area contributed by atoms with Gasteiger partial charge in [-0.1, -0.05) is 0 Å². The normalized spacial score (nSPS) is 6.40. The minimum atomic E-state index is 0.222. The van der Waals surface area contributed by atoms with Crippen LogP contribution in [0.4, 0.5) is 0 Å². The van der Waals surface area contributed by atoms with Gasteiger partial charge in [0, 0.05) is 0 Å². The van der Waals surface area contributed by atoms with Crippen LogP contribution in [0.3, 0.4) is 0 Å². The minimum absolute atomic E-state index is 0.222. The van der Waals surface area contributed by atoms with Crippen molar-refractivity contribution in [1.29, 1.82) is 0 Å². The van der Waals surface area contributed by atoms with Gasteiger partial charge < -0.3 is 4.79 Å². The van der Waals surface area contributed by atoms with Crippen molar-refractivity contribution < 1.29 is 4.79 Å². The molecule has 5 heavy (non-hydrogen) atoms. The molecule has 0 saturated carbocycles. The van der Waals surface area contributed by atoms with E-state index in [2.05, 4.69) is 11.7 Å². The number of aliphatic imine (C=N–C) groups is 1. The predicted octanol–water partition coefficient (Wildman–Crippen LogP) is -0.114. The Morgan fingerprint density at radius 3 is 2.60 bits per heavy atom. The second kappa shape index (κ2) is 3.34. The molecule has 0 bridgehead atoms. The fraction of sp³-hybridized carbons (Fsp3) is 0.333. The predicted molar refractivity (Wildman–Crippen MR) is 20.5 cm³/mol. The lowest BCUT2D eigenvalue weighted by Crippen LogP contribution is -1.73. The SMILES string of the molecule is C=NCC=O. The molecule has 0 aromatic heterocycles. The first-order chi connectivity index (χ1) is 2.41. The summed E-state index contributed by atoms with van der Waals surface area (Å²) in [7, 11) is 0. The Labute approximate surface area is 30.5 Å². The van der Waals surface area contributed by atoms with Crippen LogP contribution in [0.1, 0.15) is 0 Å². The highest BCUT2D eigenvalue weighted by atomic mass is 16.1. The molecule has 0 heterocycles. The molecule has 0 radical (unpaired) electrons. The van der Waals surface area contributed by atoms with Crippen LogP contribution >= 0.6 is 0 Å². The van der Waals surface area contributed by atoms with Gasteiger partial charge in [-0.25, -0.2) is 0 Å². The van der Waals surface area contributed by atoms with Crippen molar-refractivity contribution in [3.8, 4) is 0 Å². The molecule has 2 nitrogen and oxygen atoms in total. The van der Waals surface area contributed by atoms with E-state index in [0.29, 0.717) is 6.29 Å². The molecular formula is C3H5NO. The van der Waals surface area contributed by atoms with Gasteiger partial charge in [0.25, 0.3) is 0 Å². The molecular weight excluding hydrogens is 66.0 g/mol. The molecule has 0 rings (SSSR count). The Hall–Kier alpha value is -0.660. The third-order valence-electron chi connectivity index (χ3n) is 0.204. The zero-order valence-corrected chi connectivity index (χ0v) is 2.85. The largest absolute Gasteiger partial charge is 0.301 e. The van der Waals surface area contributed by atoms with E-state index in [4.69, 9.17) is 0 Å². The number of rotatable bonds is 2. The molecule has 28 valence electrons. The van der Waals surface area contributed by atoms with Crippen molar-refractivity contribution in [2.24, 2.45) is 4.99 Å². The third kappa shape index (κ3) is 3.34. The zero-order valence-electron chi connectivity index (χ0n) is 2.85. The lowest BCUT2D eigenvalue weighted by molar-refractivity contribution is -0.106. The van der Waals surface area contributed by atoms with E-state index < -0.39 is 0 Å². The first-order valence-corrected chi connectivity index (χ1v) is 1.28. The lowest BCUT2D eigenvalue weighted by Gasteiger charge is -1.62. The molecule has 0 spiro atoms. The summed E-state index contributed by atoms with van der Waals surface area (Å²) in [6, 6.07) is 0. The second-order valence-corrected chi connectivity index (χ2v) is 0.573. The Kier molecular flexibility index (Phi) is 2.90. The van der Waals surface area contributed by atoms with Crippen molar-refractivity contribution >= 4 is 13.0 Å². The Morgan fingerprint density at radius 2 is 2.60 bits per heavy atom. The van der Waals surface area contributed by atoms with Gasteiger partial charge in [-0.2, -0.15) is 0 Å². The van der Waals surface area contributed by atoms with E-state index in [0.717, 1.165) is 0 Å². The second-order valence-electron chi connectivity index (χ2n) is 0.573. The molecule has 0 aromatic carbocycles. The molecule has 0 aliphatic carbocycles. The van der Waals surface area contributed by atoms with Crippen molar-refractivity contribution in [1.82, 2.24) is 0 Å². The van der Waals surface area contributed by atoms with Crippen molar-refractivity contribution in [2.45, 2.75) is 0 Å². The van der Waals surface area contributed by atoms with E-state index in [1.54, 1.807) is 0 Å². The number of nitrogens with zero attached hydrogens (tertiary/aromatic N) is 1. The number of aldehydes is 1. The van der Waals surface area contributed by atoms with Crippen LogP contribution in [0.5, 0.6) is 0 Å². The van der Waals surface area contributed by atoms with E-state index in [1.165, 1.54) is 0 Å². The summed E-state index contributed by atoms with van der Waals surface area (Å²) in [5.41, 5.74) is 0. The fourth-order valence-electron chi connectivity index (χ4n) is 0.0527. The van der Waals surface area contributed by atoms with E-state index in [-0.39, 0.29) is 6.54 Å². The van der Waals surface area contributed by atoms with Gasteiger partial charge >= 0.3 is 0 Å². The van der Waals surface area contributed by atoms with E-state index in [1.807, 2.05) is 0 Å². The quantitative estimate of drug-likeness (QED) is 0.330. The summed E-state index contributed by atoms with van der Waals surface area (Å²) >= 11 is 0. The first kappa shape index (κ1) is 4.34. The van der Waals surface area contributed by atoms with Gasteiger partial charge in [0.05, 0.1) is 6.54 Å². The first-order valence-electron chi connectivity index (χ1n) is 1.28. The topological polar surface area (TPSA) is 29.4 Å². The van der Waals surface area contributed by atoms with Gasteiger partial charge in [-0.05, 0) is 6.72 Å². The lowest BCUT2D eigenvalue weighted by atomic mass is 10.8. The summed E-state index contributed by atoms with van der Waals surface area (Å²) in [4.78, 5) is 12.5. The van der Waals surface area contributed by atoms with Crippen LogP contribution in [-0.2, 0) is 4.79 Å². The minimum Gasteiger partial charge on any atom is -0.301 e. The molecule has 0 unspecified atom stereocenters. The Balaban J connectivity index is 2.65. The number of hydrogen-bond acceptors (Lipinski definition) is 2. The van der Waals surface area contributed by atoms with Crippen LogP contribution in [0, 0.1) is 0 Å². The monoisotopic (exact) mass is 71.0 g/mol. The summed E-state index contributed by atoms with van der Waals surface area (Å²) in [5.74, 6) is 0. The molecule has 0 N–H and O–H groups in total. The molecule has 0 aliphatic rings. The highest BCUT2D eigenvalue weighted by Gasteiger charge is 1.58. The molecule has 0 aromatic rings. The van der Waals surface area contributed by atoms with Crippen LogP contribution in [0.15, 0.2) is 4.99 Å². The van der Waals surface area contributed by atoms with Crippen molar-refractivity contribution in [3.05, 3.63) is 0 Å². The van der Waals surface area contributed by atoms with Crippen LogP contribution in [0.25, 0.3) is 0 Å². The van der Waals surface area contributed by atoms with E-state index in [9.17, 15) is 4.79 Å². The Bertz CT molecular complexity index is 36.2. The maximum absolute atomic E-state index is 9.27. The highest BCUT2D eigenvalue weighted by Crippen LogP contribution is 1.48. The number of carbonyl (C=O) groups is 1. The third-order valence-corrected chi connectivity index (χ3v) is 0.204. The number of hydrogen-bond donors (Lipinski definition) is 0. The van der Waals surface area contributed by atoms with Crippen LogP contribution in [0.2, 0.25) is 0 Å². The summed E-state index contributed by atoms with van der Waals surface area (Å²) in [6.45, 7) is 3.29. The fourth-order valence-corrected chi connectivity index (χ4v) is 0.0527. The standard InChI is InChI=1S/C3H5NO/c1-4-2-3-5/h3H,1-2H2. The molecule has 0 amide bonds. The maximum Gasteiger partial charge on any atom is 0.141 e. The average molecular weight is 71.1 g/mol. The molecule has 0 saturated heterocycles. The maximum atomic E-state index is 9.27. The highest BCUT2D eigenvalue weighted by molar-refractivity contribution is 5.53. The van der Waals surface area contributed by atoms with Crippen LogP contribution < -0.4 is 0 Å². The summed E-state index contributed by atoms with van der Waals surface area (Å²) in [6.07, 6.45) is 0.701. The molecule has 0 aliphatic heterocycles. The summed E-state index contributed by atoms with van der Waals surface area (Å²) < 4.78 is 0. The molecule has 0 atom stereocenters. The smallest absolute Gasteiger partial charge is 0.141 e. The zero-order chi connectivity index (χ0) is 4.12. The van der Waals surface area contributed by atoms with Gasteiger partial charge in [-0.15, -0.1) is 0 Å². The molecule has 0 fully saturated rings. The van der Waals surface area contributed by atoms with Gasteiger partial charge in [0.15, 0.2) is 0 Å². The molecule has 2 heteroatoms.